The second-order valence-corrected chi connectivity index (χ2v) is 4.02. The van der Waals surface area contributed by atoms with Crippen LogP contribution in [0.15, 0.2) is 36.5 Å². The first-order chi connectivity index (χ1) is 9.69. The monoisotopic (exact) mass is 273 g/mol. The van der Waals surface area contributed by atoms with Crippen molar-refractivity contribution in [3.8, 4) is 11.6 Å². The molecule has 1 amide bonds. The Labute approximate surface area is 116 Å². The lowest BCUT2D eigenvalue weighted by molar-refractivity contribution is -0.114. The largest absolute Gasteiger partial charge is 0.482 e. The smallest absolute Gasteiger partial charge is 0.261 e. The summed E-state index contributed by atoms with van der Waals surface area (Å²) in [5.74, 6) is 0.636. The van der Waals surface area contributed by atoms with Crippen LogP contribution in [0.4, 0.5) is 5.95 Å². The van der Waals surface area contributed by atoms with E-state index in [0.29, 0.717) is 12.4 Å². The molecular weight excluding hydrogens is 258 g/mol. The van der Waals surface area contributed by atoms with Crippen LogP contribution in [0.25, 0.3) is 0 Å². The van der Waals surface area contributed by atoms with Gasteiger partial charge in [0, 0.05) is 6.92 Å². The summed E-state index contributed by atoms with van der Waals surface area (Å²) in [5.41, 5.74) is 1.03. The van der Waals surface area contributed by atoms with E-state index in [-0.39, 0.29) is 17.7 Å². The molecule has 20 heavy (non-hydrogen) atoms. The topological polar surface area (TPSA) is 73.3 Å². The van der Waals surface area contributed by atoms with E-state index in [0.717, 1.165) is 5.56 Å². The van der Waals surface area contributed by atoms with Gasteiger partial charge >= 0.3 is 0 Å². The van der Waals surface area contributed by atoms with Crippen molar-refractivity contribution in [1.82, 2.24) is 9.97 Å². The van der Waals surface area contributed by atoms with Crippen molar-refractivity contribution in [1.29, 1.82) is 0 Å². The zero-order valence-corrected chi connectivity index (χ0v) is 11.3. The maximum Gasteiger partial charge on any atom is 0.261 e. The normalized spacial score (nSPS) is 9.90. The summed E-state index contributed by atoms with van der Waals surface area (Å²) in [7, 11) is 1.48. The average molecular weight is 273 g/mol. The summed E-state index contributed by atoms with van der Waals surface area (Å²) >= 11 is 0. The van der Waals surface area contributed by atoms with Gasteiger partial charge in [0.2, 0.25) is 11.9 Å². The number of ether oxygens (including phenoxy) is 2. The van der Waals surface area contributed by atoms with Gasteiger partial charge in [0.15, 0.2) is 5.75 Å². The molecule has 1 N–H and O–H groups in total. The van der Waals surface area contributed by atoms with Gasteiger partial charge in [0.25, 0.3) is 5.88 Å². The molecule has 0 radical (unpaired) electrons. The molecule has 104 valence electrons. The minimum absolute atomic E-state index is 0.182. The quantitative estimate of drug-likeness (QED) is 0.902. The number of nitrogens with zero attached hydrogens (tertiary/aromatic N) is 2. The summed E-state index contributed by atoms with van der Waals surface area (Å²) in [6.07, 6.45) is 1.47. The summed E-state index contributed by atoms with van der Waals surface area (Å²) < 4.78 is 10.7. The minimum atomic E-state index is -0.245. The molecule has 6 nitrogen and oxygen atoms in total. The predicted octanol–water partition coefficient (Wildman–Crippen LogP) is 2.02. The highest BCUT2D eigenvalue weighted by Crippen LogP contribution is 2.25. The first kappa shape index (κ1) is 13.8. The molecule has 0 spiro atoms. The fourth-order valence-corrected chi connectivity index (χ4v) is 1.55. The van der Waals surface area contributed by atoms with Gasteiger partial charge in [-0.05, 0) is 5.56 Å². The maximum atomic E-state index is 10.9. The Balaban J connectivity index is 2.09. The molecule has 1 heterocycles. The lowest BCUT2D eigenvalue weighted by Crippen LogP contribution is -2.10. The third kappa shape index (κ3) is 3.68. The molecule has 0 unspecified atom stereocenters. The SMILES string of the molecule is COc1nc(NC(C)=O)ncc1OCc1ccccc1. The molecular formula is C14H15N3O3. The Morgan fingerprint density at radius 1 is 1.30 bits per heavy atom. The Kier molecular flexibility index (Phi) is 4.49. The van der Waals surface area contributed by atoms with Crippen molar-refractivity contribution in [2.75, 3.05) is 12.4 Å². The first-order valence-corrected chi connectivity index (χ1v) is 6.04. The lowest BCUT2D eigenvalue weighted by atomic mass is 10.2. The highest BCUT2D eigenvalue weighted by molar-refractivity contribution is 5.86. The average Bonchev–Trinajstić information content (AvgIpc) is 2.46. The molecule has 0 atom stereocenters. The van der Waals surface area contributed by atoms with E-state index in [9.17, 15) is 4.79 Å². The molecule has 0 saturated carbocycles. The van der Waals surface area contributed by atoms with Crippen LogP contribution >= 0.6 is 0 Å². The van der Waals surface area contributed by atoms with E-state index in [1.165, 1.54) is 20.2 Å². The van der Waals surface area contributed by atoms with E-state index in [4.69, 9.17) is 9.47 Å². The number of benzene rings is 1. The Morgan fingerprint density at radius 3 is 2.70 bits per heavy atom. The van der Waals surface area contributed by atoms with E-state index >= 15 is 0 Å². The molecule has 0 aliphatic rings. The van der Waals surface area contributed by atoms with Gasteiger partial charge < -0.3 is 9.47 Å². The van der Waals surface area contributed by atoms with Crippen LogP contribution in [-0.2, 0) is 11.4 Å². The summed E-state index contributed by atoms with van der Waals surface area (Å²) in [4.78, 5) is 19.0. The molecule has 0 saturated heterocycles. The van der Waals surface area contributed by atoms with Gasteiger partial charge in [-0.15, -0.1) is 0 Å². The number of hydrogen-bond acceptors (Lipinski definition) is 5. The Bertz CT molecular complexity index is 587. The molecule has 6 heteroatoms. The number of anilines is 1. The zero-order chi connectivity index (χ0) is 14.4. The standard InChI is InChI=1S/C14H15N3O3/c1-10(18)16-14-15-8-12(13(17-14)19-2)20-9-11-6-4-3-5-7-11/h3-8H,9H2,1-2H3,(H,15,16,17,18). The number of amides is 1. The molecule has 0 bridgehead atoms. The van der Waals surface area contributed by atoms with Crippen molar-refractivity contribution in [2.24, 2.45) is 0 Å². The third-order valence-electron chi connectivity index (χ3n) is 2.44. The van der Waals surface area contributed by atoms with Gasteiger partial charge in [-0.1, -0.05) is 30.3 Å². The molecule has 0 aliphatic heterocycles. The number of carbonyl (C=O) groups excluding carboxylic acids is 1. The zero-order valence-electron chi connectivity index (χ0n) is 11.3. The van der Waals surface area contributed by atoms with Crippen molar-refractivity contribution in [3.63, 3.8) is 0 Å². The van der Waals surface area contributed by atoms with Crippen LogP contribution in [0, 0.1) is 0 Å². The van der Waals surface area contributed by atoms with E-state index < -0.39 is 0 Å². The van der Waals surface area contributed by atoms with Gasteiger partial charge in [-0.3, -0.25) is 10.1 Å². The fourth-order valence-electron chi connectivity index (χ4n) is 1.55. The maximum absolute atomic E-state index is 10.9. The van der Waals surface area contributed by atoms with Crippen molar-refractivity contribution in [3.05, 3.63) is 42.1 Å². The van der Waals surface area contributed by atoms with Crippen molar-refractivity contribution >= 4 is 11.9 Å². The molecule has 0 aliphatic carbocycles. The highest BCUT2D eigenvalue weighted by Gasteiger charge is 2.10. The predicted molar refractivity (Wildman–Crippen MR) is 73.7 cm³/mol. The van der Waals surface area contributed by atoms with Crippen molar-refractivity contribution in [2.45, 2.75) is 13.5 Å². The summed E-state index contributed by atoms with van der Waals surface area (Å²) in [6.45, 7) is 1.77. The molecule has 1 aromatic carbocycles. The van der Waals surface area contributed by atoms with E-state index in [1.54, 1.807) is 0 Å². The van der Waals surface area contributed by atoms with Gasteiger partial charge in [-0.25, -0.2) is 4.98 Å². The first-order valence-electron chi connectivity index (χ1n) is 6.04. The number of nitrogens with one attached hydrogen (secondary N) is 1. The van der Waals surface area contributed by atoms with Crippen LogP contribution in [0.2, 0.25) is 0 Å². The Hall–Kier alpha value is -2.63. The fraction of sp³-hybridized carbons (Fsp3) is 0.214. The van der Waals surface area contributed by atoms with Crippen LogP contribution in [-0.4, -0.2) is 23.0 Å². The molecule has 0 fully saturated rings. The second-order valence-electron chi connectivity index (χ2n) is 4.02. The molecule has 2 rings (SSSR count). The van der Waals surface area contributed by atoms with E-state index in [1.807, 2.05) is 30.3 Å². The van der Waals surface area contributed by atoms with Crippen LogP contribution in [0.5, 0.6) is 11.6 Å². The second kappa shape index (κ2) is 6.51. The number of hydrogen-bond donors (Lipinski definition) is 1. The van der Waals surface area contributed by atoms with Gasteiger partial charge in [0.1, 0.15) is 6.61 Å². The molecule has 1 aromatic heterocycles. The number of carbonyl (C=O) groups is 1. The van der Waals surface area contributed by atoms with Gasteiger partial charge in [-0.2, -0.15) is 4.98 Å². The van der Waals surface area contributed by atoms with Crippen molar-refractivity contribution < 1.29 is 14.3 Å². The number of aromatic nitrogens is 2. The number of methoxy groups -OCH3 is 1. The summed E-state index contributed by atoms with van der Waals surface area (Å²) in [6, 6.07) is 9.73. The third-order valence-corrected chi connectivity index (χ3v) is 2.44. The van der Waals surface area contributed by atoms with Crippen LogP contribution in [0.1, 0.15) is 12.5 Å². The Morgan fingerprint density at radius 2 is 2.05 bits per heavy atom. The van der Waals surface area contributed by atoms with Crippen LogP contribution < -0.4 is 14.8 Å². The minimum Gasteiger partial charge on any atom is -0.482 e. The number of rotatable bonds is 5. The summed E-state index contributed by atoms with van der Waals surface area (Å²) in [5, 5.41) is 2.48. The van der Waals surface area contributed by atoms with Crippen LogP contribution in [0.3, 0.4) is 0 Å². The van der Waals surface area contributed by atoms with E-state index in [2.05, 4.69) is 15.3 Å². The highest BCUT2D eigenvalue weighted by atomic mass is 16.5. The lowest BCUT2D eigenvalue weighted by Gasteiger charge is -2.10. The van der Waals surface area contributed by atoms with Gasteiger partial charge in [0.05, 0.1) is 13.3 Å². The molecule has 2 aromatic rings.